The van der Waals surface area contributed by atoms with Gasteiger partial charge in [0.05, 0.1) is 0 Å². The fraction of sp³-hybridized carbons (Fsp3) is 0.619. The van der Waals surface area contributed by atoms with Crippen molar-refractivity contribution in [1.82, 2.24) is 4.90 Å². The number of para-hydroxylation sites is 1. The number of carboxylic acid groups (broad SMARTS) is 1. The Morgan fingerprint density at radius 1 is 1.04 bits per heavy atom. The molecule has 0 spiro atoms. The molecule has 0 aromatic heterocycles. The van der Waals surface area contributed by atoms with Gasteiger partial charge in [-0.25, -0.2) is 4.79 Å². The second kappa shape index (κ2) is 15.0. The van der Waals surface area contributed by atoms with Crippen LogP contribution in [-0.2, 0) is 9.53 Å². The molecule has 0 heterocycles. The smallest absolute Gasteiger partial charge is 0.339 e. The van der Waals surface area contributed by atoms with Crippen LogP contribution in [0.5, 0.6) is 5.75 Å². The van der Waals surface area contributed by atoms with Crippen LogP contribution in [0.3, 0.4) is 0 Å². The fourth-order valence-electron chi connectivity index (χ4n) is 2.59. The number of carbonyl (C=O) groups excluding carboxylic acids is 1. The molecule has 0 aliphatic rings. The van der Waals surface area contributed by atoms with E-state index in [2.05, 4.69) is 25.7 Å². The molecule has 0 aliphatic carbocycles. The first-order chi connectivity index (χ1) is 12.9. The summed E-state index contributed by atoms with van der Waals surface area (Å²) in [5, 5.41) is 17.3. The van der Waals surface area contributed by atoms with Gasteiger partial charge in [0.25, 0.3) is 0 Å². The highest BCUT2D eigenvalue weighted by Gasteiger charge is 2.14. The minimum atomic E-state index is -1.11. The molecule has 6 nitrogen and oxygen atoms in total. The lowest BCUT2D eigenvalue weighted by molar-refractivity contribution is -0.157. The van der Waals surface area contributed by atoms with Crippen LogP contribution in [0.2, 0.25) is 0 Å². The van der Waals surface area contributed by atoms with Gasteiger partial charge in [0.2, 0.25) is 0 Å². The molecule has 1 aromatic rings. The predicted molar refractivity (Wildman–Crippen MR) is 107 cm³/mol. The number of ether oxygens (including phenoxy) is 1. The van der Waals surface area contributed by atoms with Crippen molar-refractivity contribution in [3.05, 3.63) is 29.8 Å². The Morgan fingerprint density at radius 3 is 2.11 bits per heavy atom. The molecule has 0 amide bonds. The van der Waals surface area contributed by atoms with Crippen LogP contribution in [0.4, 0.5) is 0 Å². The molecule has 1 rings (SSSR count). The standard InChI is InChI=1S/C14H29NO2.C7H6O3/c1-5-8-9-10-11-12-14(16)17-13(4)15(6-2)7-3;8-6-4-2-1-3-5(6)7(9)10/h13H,5-12H2,1-4H3;1-4,8H,(H,9,10). The van der Waals surface area contributed by atoms with Gasteiger partial charge in [0.15, 0.2) is 6.23 Å². The van der Waals surface area contributed by atoms with Gasteiger partial charge in [0, 0.05) is 6.42 Å². The normalized spacial score (nSPS) is 11.4. The molecule has 0 fully saturated rings. The lowest BCUT2D eigenvalue weighted by atomic mass is 10.1. The topological polar surface area (TPSA) is 87.1 Å². The summed E-state index contributed by atoms with van der Waals surface area (Å²) in [5.74, 6) is -1.37. The van der Waals surface area contributed by atoms with Crippen LogP contribution in [0.15, 0.2) is 24.3 Å². The van der Waals surface area contributed by atoms with Gasteiger partial charge >= 0.3 is 11.9 Å². The largest absolute Gasteiger partial charge is 0.507 e. The lowest BCUT2D eigenvalue weighted by Crippen LogP contribution is -2.36. The van der Waals surface area contributed by atoms with Gasteiger partial charge in [-0.2, -0.15) is 0 Å². The highest BCUT2D eigenvalue weighted by atomic mass is 16.6. The van der Waals surface area contributed by atoms with E-state index >= 15 is 0 Å². The van der Waals surface area contributed by atoms with Crippen LogP contribution in [-0.4, -0.2) is 46.4 Å². The number of hydrogen-bond donors (Lipinski definition) is 2. The van der Waals surface area contributed by atoms with Crippen molar-refractivity contribution in [2.75, 3.05) is 13.1 Å². The number of aromatic carboxylic acids is 1. The maximum absolute atomic E-state index is 11.6. The molecular formula is C21H35NO5. The molecule has 0 bridgehead atoms. The quantitative estimate of drug-likeness (QED) is 0.329. The molecule has 1 aromatic carbocycles. The molecule has 0 saturated carbocycles. The van der Waals surface area contributed by atoms with Crippen molar-refractivity contribution in [2.24, 2.45) is 0 Å². The number of aromatic hydroxyl groups is 1. The van der Waals surface area contributed by atoms with Gasteiger partial charge < -0.3 is 14.9 Å². The highest BCUT2D eigenvalue weighted by Crippen LogP contribution is 2.14. The van der Waals surface area contributed by atoms with E-state index in [0.29, 0.717) is 6.42 Å². The molecule has 27 heavy (non-hydrogen) atoms. The van der Waals surface area contributed by atoms with Gasteiger partial charge in [-0.1, -0.05) is 58.6 Å². The molecule has 0 saturated heterocycles. The van der Waals surface area contributed by atoms with E-state index in [4.69, 9.17) is 14.9 Å². The Kier molecular flexibility index (Phi) is 13.9. The van der Waals surface area contributed by atoms with Crippen molar-refractivity contribution >= 4 is 11.9 Å². The van der Waals surface area contributed by atoms with E-state index in [1.165, 1.54) is 31.4 Å². The van der Waals surface area contributed by atoms with Crippen LogP contribution in [0, 0.1) is 0 Å². The first kappa shape index (κ1) is 24.9. The second-order valence-electron chi connectivity index (χ2n) is 6.30. The maximum atomic E-state index is 11.6. The van der Waals surface area contributed by atoms with Gasteiger partial charge in [-0.3, -0.25) is 9.69 Å². The SMILES string of the molecule is CCCCCCCC(=O)OC(C)N(CC)CC.O=C(O)c1ccccc1O. The predicted octanol–water partition coefficient (Wildman–Crippen LogP) is 4.67. The van der Waals surface area contributed by atoms with Crippen molar-refractivity contribution in [2.45, 2.75) is 72.4 Å². The number of carboxylic acids is 1. The first-order valence-corrected chi connectivity index (χ1v) is 9.82. The Labute approximate surface area is 163 Å². The first-order valence-electron chi connectivity index (χ1n) is 9.82. The Morgan fingerprint density at radius 2 is 1.63 bits per heavy atom. The van der Waals surface area contributed by atoms with Crippen molar-refractivity contribution in [3.8, 4) is 5.75 Å². The molecule has 0 aliphatic heterocycles. The number of benzene rings is 1. The summed E-state index contributed by atoms with van der Waals surface area (Å²) in [6.45, 7) is 10.1. The minimum absolute atomic E-state index is 0.0547. The monoisotopic (exact) mass is 381 g/mol. The summed E-state index contributed by atoms with van der Waals surface area (Å²) in [6, 6.07) is 5.81. The van der Waals surface area contributed by atoms with E-state index < -0.39 is 5.97 Å². The van der Waals surface area contributed by atoms with E-state index in [0.717, 1.165) is 25.9 Å². The summed E-state index contributed by atoms with van der Waals surface area (Å²) in [5.41, 5.74) is -0.0671. The zero-order valence-corrected chi connectivity index (χ0v) is 17.1. The number of esters is 1. The van der Waals surface area contributed by atoms with Gasteiger partial charge in [-0.05, 0) is 38.6 Å². The highest BCUT2D eigenvalue weighted by molar-refractivity contribution is 5.90. The Bertz CT molecular complexity index is 543. The Hall–Kier alpha value is -2.08. The van der Waals surface area contributed by atoms with E-state index in [1.807, 2.05) is 6.92 Å². The number of phenols is 1. The molecule has 6 heteroatoms. The summed E-state index contributed by atoms with van der Waals surface area (Å²) in [4.78, 5) is 24.0. The lowest BCUT2D eigenvalue weighted by Gasteiger charge is -2.25. The fourth-order valence-corrected chi connectivity index (χ4v) is 2.59. The molecule has 0 radical (unpaired) electrons. The van der Waals surface area contributed by atoms with Crippen molar-refractivity contribution < 1.29 is 24.5 Å². The molecular weight excluding hydrogens is 346 g/mol. The van der Waals surface area contributed by atoms with Crippen molar-refractivity contribution in [1.29, 1.82) is 0 Å². The zero-order chi connectivity index (χ0) is 20.7. The summed E-state index contributed by atoms with van der Waals surface area (Å²) >= 11 is 0. The van der Waals surface area contributed by atoms with Crippen molar-refractivity contribution in [3.63, 3.8) is 0 Å². The Balaban J connectivity index is 0.000000569. The molecule has 1 unspecified atom stereocenters. The number of unbranched alkanes of at least 4 members (excludes halogenated alkanes) is 4. The van der Waals surface area contributed by atoms with Crippen LogP contribution in [0.25, 0.3) is 0 Å². The third-order valence-electron chi connectivity index (χ3n) is 4.25. The molecule has 2 N–H and O–H groups in total. The number of carbonyl (C=O) groups is 2. The van der Waals surface area contributed by atoms with Crippen LogP contribution >= 0.6 is 0 Å². The zero-order valence-electron chi connectivity index (χ0n) is 17.1. The molecule has 1 atom stereocenters. The van der Waals surface area contributed by atoms with E-state index in [9.17, 15) is 9.59 Å². The number of rotatable bonds is 11. The molecule has 154 valence electrons. The minimum Gasteiger partial charge on any atom is -0.507 e. The third kappa shape index (κ3) is 11.3. The second-order valence-corrected chi connectivity index (χ2v) is 6.30. The maximum Gasteiger partial charge on any atom is 0.339 e. The van der Waals surface area contributed by atoms with E-state index in [1.54, 1.807) is 12.1 Å². The number of nitrogens with zero attached hydrogens (tertiary/aromatic N) is 1. The summed E-state index contributed by atoms with van der Waals surface area (Å²) in [6.07, 6.45) is 6.32. The average molecular weight is 382 g/mol. The average Bonchev–Trinajstić information content (AvgIpc) is 2.63. The van der Waals surface area contributed by atoms with Crippen LogP contribution in [0.1, 0.15) is 76.6 Å². The summed E-state index contributed by atoms with van der Waals surface area (Å²) in [7, 11) is 0. The van der Waals surface area contributed by atoms with Gasteiger partial charge in [0.1, 0.15) is 11.3 Å². The van der Waals surface area contributed by atoms with Gasteiger partial charge in [-0.15, -0.1) is 0 Å². The van der Waals surface area contributed by atoms with Crippen LogP contribution < -0.4 is 0 Å². The number of hydrogen-bond acceptors (Lipinski definition) is 5. The summed E-state index contributed by atoms with van der Waals surface area (Å²) < 4.78 is 5.39. The third-order valence-corrected chi connectivity index (χ3v) is 4.25. The van der Waals surface area contributed by atoms with E-state index in [-0.39, 0.29) is 23.5 Å².